The second kappa shape index (κ2) is 7.13. The van der Waals surface area contributed by atoms with Crippen LogP contribution in [0.2, 0.25) is 0 Å². The molecule has 6 fully saturated rings. The summed E-state index contributed by atoms with van der Waals surface area (Å²) >= 11 is 0. The fourth-order valence-electron chi connectivity index (χ4n) is 9.68. The van der Waals surface area contributed by atoms with Crippen molar-refractivity contribution >= 4 is 0 Å². The number of aliphatic hydroxyl groups is 2. The summed E-state index contributed by atoms with van der Waals surface area (Å²) in [6, 6.07) is 0. The molecule has 8 atom stereocenters. The molecule has 1 spiro atoms. The highest BCUT2D eigenvalue weighted by atomic mass is 16.7. The Kier molecular flexibility index (Phi) is 4.90. The lowest BCUT2D eigenvalue weighted by molar-refractivity contribution is -0.260. The third kappa shape index (κ3) is 2.85. The first-order valence-corrected chi connectivity index (χ1v) is 12.7. The molecule has 2 saturated heterocycles. The van der Waals surface area contributed by atoms with Gasteiger partial charge in [-0.2, -0.15) is 0 Å². The van der Waals surface area contributed by atoms with E-state index in [-0.39, 0.29) is 35.2 Å². The van der Waals surface area contributed by atoms with E-state index in [1.807, 2.05) is 0 Å². The van der Waals surface area contributed by atoms with Crippen LogP contribution in [0.5, 0.6) is 0 Å². The maximum atomic E-state index is 11.7. The predicted molar refractivity (Wildman–Crippen MR) is 113 cm³/mol. The first-order valence-electron chi connectivity index (χ1n) is 12.7. The van der Waals surface area contributed by atoms with Gasteiger partial charge >= 0.3 is 0 Å². The molecule has 0 amide bonds. The maximum Gasteiger partial charge on any atom is 0.169 e. The van der Waals surface area contributed by atoms with E-state index in [0.29, 0.717) is 56.5 Å². The number of fused-ring (bicyclic) bond motifs is 5. The second-order valence-corrected chi connectivity index (χ2v) is 11.9. The van der Waals surface area contributed by atoms with Crippen molar-refractivity contribution in [1.82, 2.24) is 0 Å². The van der Waals surface area contributed by atoms with Crippen LogP contribution in [-0.2, 0) is 18.9 Å². The summed E-state index contributed by atoms with van der Waals surface area (Å²) in [5, 5.41) is 22.5. The molecule has 0 radical (unpaired) electrons. The molecule has 0 bridgehead atoms. The van der Waals surface area contributed by atoms with Crippen molar-refractivity contribution in [3.05, 3.63) is 0 Å². The molecule has 0 aromatic carbocycles. The monoisotopic (exact) mass is 436 g/mol. The van der Waals surface area contributed by atoms with Crippen LogP contribution in [0.1, 0.15) is 65.2 Å². The molecule has 0 aromatic rings. The van der Waals surface area contributed by atoms with E-state index in [1.54, 1.807) is 0 Å². The van der Waals surface area contributed by atoms with E-state index >= 15 is 0 Å². The van der Waals surface area contributed by atoms with Gasteiger partial charge in [-0.3, -0.25) is 0 Å². The fourth-order valence-corrected chi connectivity index (χ4v) is 9.68. The summed E-state index contributed by atoms with van der Waals surface area (Å²) in [4.78, 5) is 0. The maximum absolute atomic E-state index is 11.7. The van der Waals surface area contributed by atoms with E-state index in [4.69, 9.17) is 18.9 Å². The first kappa shape index (κ1) is 21.3. The average Bonchev–Trinajstić information content (AvgIpc) is 3.48. The molecule has 176 valence electrons. The van der Waals surface area contributed by atoms with Gasteiger partial charge in [0.2, 0.25) is 0 Å². The van der Waals surface area contributed by atoms with Crippen molar-refractivity contribution in [2.24, 2.45) is 40.4 Å². The Bertz CT molecular complexity index is 700. The molecule has 6 aliphatic rings. The summed E-state index contributed by atoms with van der Waals surface area (Å²) < 4.78 is 24.3. The van der Waals surface area contributed by atoms with Gasteiger partial charge in [0.1, 0.15) is 0 Å². The molecule has 0 aromatic heterocycles. The zero-order valence-electron chi connectivity index (χ0n) is 19.2. The zero-order chi connectivity index (χ0) is 21.5. The van der Waals surface area contributed by atoms with Crippen LogP contribution < -0.4 is 0 Å². The van der Waals surface area contributed by atoms with Crippen molar-refractivity contribution < 1.29 is 29.2 Å². The van der Waals surface area contributed by atoms with Crippen LogP contribution in [0.15, 0.2) is 0 Å². The van der Waals surface area contributed by atoms with Crippen molar-refractivity contribution in [3.8, 4) is 0 Å². The van der Waals surface area contributed by atoms with Crippen molar-refractivity contribution in [1.29, 1.82) is 0 Å². The normalized spacial score (nSPS) is 52.6. The molecule has 2 N–H and O–H groups in total. The lowest BCUT2D eigenvalue weighted by Gasteiger charge is -2.63. The van der Waals surface area contributed by atoms with E-state index in [1.165, 1.54) is 6.42 Å². The summed E-state index contributed by atoms with van der Waals surface area (Å²) in [5.41, 5.74) is -0.177. The average molecular weight is 437 g/mol. The van der Waals surface area contributed by atoms with Gasteiger partial charge in [-0.05, 0) is 74.5 Å². The van der Waals surface area contributed by atoms with Crippen molar-refractivity contribution in [2.45, 2.75) is 82.9 Å². The Labute approximate surface area is 186 Å². The van der Waals surface area contributed by atoms with Crippen LogP contribution in [0.4, 0.5) is 0 Å². The van der Waals surface area contributed by atoms with Crippen LogP contribution >= 0.6 is 0 Å². The van der Waals surface area contributed by atoms with Crippen molar-refractivity contribution in [3.63, 3.8) is 0 Å². The third-order valence-electron chi connectivity index (χ3n) is 10.9. The molecule has 2 aliphatic heterocycles. The van der Waals surface area contributed by atoms with Crippen molar-refractivity contribution in [2.75, 3.05) is 33.0 Å². The second-order valence-electron chi connectivity index (χ2n) is 11.9. The highest BCUT2D eigenvalue weighted by Crippen LogP contribution is 2.69. The van der Waals surface area contributed by atoms with Gasteiger partial charge in [0.15, 0.2) is 11.6 Å². The number of rotatable bonds is 2. The molecule has 2 heterocycles. The van der Waals surface area contributed by atoms with Gasteiger partial charge in [0.05, 0.1) is 32.5 Å². The Morgan fingerprint density at radius 2 is 1.55 bits per heavy atom. The standard InChI is InChI=1S/C25H40O6/c1-22-7-8-25(30-11-12-31-25)13-16(22)3-4-17-18-5-6-20(23(2)28-9-10-29-23)24(18,15-26)14-19(27)21(17)22/h16-21,26-27H,3-15H2,1-2H3/t16-,17-,18-,19+,20+,21+,22-,24+/m0/s1. The van der Waals surface area contributed by atoms with Gasteiger partial charge in [-0.25, -0.2) is 0 Å². The van der Waals surface area contributed by atoms with Gasteiger partial charge in [-0.1, -0.05) is 6.92 Å². The SMILES string of the molecule is CC1([C@H]2CC[C@H]3[C@@H]4CC[C@H]5CC6(CC[C@]5(C)[C@H]4[C@H](O)C[C@]23CO)OCCO6)OCCO1. The molecule has 6 rings (SSSR count). The summed E-state index contributed by atoms with van der Waals surface area (Å²) in [6.45, 7) is 7.29. The minimum Gasteiger partial charge on any atom is -0.396 e. The number of ether oxygens (including phenoxy) is 4. The van der Waals surface area contributed by atoms with E-state index < -0.39 is 5.79 Å². The molecule has 4 aliphatic carbocycles. The Morgan fingerprint density at radius 1 is 0.839 bits per heavy atom. The number of hydrogen-bond donors (Lipinski definition) is 2. The zero-order valence-corrected chi connectivity index (χ0v) is 19.2. The Balaban J connectivity index is 1.30. The van der Waals surface area contributed by atoms with Crippen LogP contribution in [0.25, 0.3) is 0 Å². The Hall–Kier alpha value is -0.240. The molecule has 0 unspecified atom stereocenters. The predicted octanol–water partition coefficient (Wildman–Crippen LogP) is 3.09. The summed E-state index contributed by atoms with van der Waals surface area (Å²) in [6.07, 6.45) is 7.69. The van der Waals surface area contributed by atoms with E-state index in [0.717, 1.165) is 38.5 Å². The molecule has 6 heteroatoms. The van der Waals surface area contributed by atoms with Gasteiger partial charge in [0, 0.05) is 30.8 Å². The lowest BCUT2D eigenvalue weighted by Crippen LogP contribution is -2.62. The third-order valence-corrected chi connectivity index (χ3v) is 10.9. The van der Waals surface area contributed by atoms with E-state index in [2.05, 4.69) is 13.8 Å². The molecular formula is C25H40O6. The molecular weight excluding hydrogens is 396 g/mol. The lowest BCUT2D eigenvalue weighted by atomic mass is 9.43. The highest BCUT2D eigenvalue weighted by molar-refractivity contribution is 5.15. The number of hydrogen-bond acceptors (Lipinski definition) is 6. The van der Waals surface area contributed by atoms with E-state index in [9.17, 15) is 10.2 Å². The Morgan fingerprint density at radius 3 is 2.26 bits per heavy atom. The fraction of sp³-hybridized carbons (Fsp3) is 1.00. The molecule has 31 heavy (non-hydrogen) atoms. The topological polar surface area (TPSA) is 77.4 Å². The van der Waals surface area contributed by atoms with Crippen LogP contribution in [-0.4, -0.2) is 60.9 Å². The van der Waals surface area contributed by atoms with Gasteiger partial charge in [0.25, 0.3) is 0 Å². The van der Waals surface area contributed by atoms with Crippen LogP contribution in [0, 0.1) is 40.4 Å². The minimum atomic E-state index is -0.625. The molecule has 6 nitrogen and oxygen atoms in total. The largest absolute Gasteiger partial charge is 0.396 e. The van der Waals surface area contributed by atoms with Gasteiger partial charge < -0.3 is 29.2 Å². The minimum absolute atomic E-state index is 0.118. The quantitative estimate of drug-likeness (QED) is 0.693. The first-order chi connectivity index (χ1) is 14.9. The summed E-state index contributed by atoms with van der Waals surface area (Å²) in [7, 11) is 0. The van der Waals surface area contributed by atoms with Gasteiger partial charge in [-0.15, -0.1) is 0 Å². The summed E-state index contributed by atoms with van der Waals surface area (Å²) in [5.74, 6) is 0.892. The highest BCUT2D eigenvalue weighted by Gasteiger charge is 2.68. The van der Waals surface area contributed by atoms with Crippen LogP contribution in [0.3, 0.4) is 0 Å². The molecule has 4 saturated carbocycles. The smallest absolute Gasteiger partial charge is 0.169 e. The number of aliphatic hydroxyl groups excluding tert-OH is 2.